The van der Waals surface area contributed by atoms with Crippen LogP contribution in [0, 0.1) is 0 Å². The molecule has 1 fully saturated rings. The van der Waals surface area contributed by atoms with Gasteiger partial charge in [0.05, 0.1) is 6.33 Å². The van der Waals surface area contributed by atoms with E-state index in [9.17, 15) is 4.79 Å². The molecular formula is C24H28N4O. The van der Waals surface area contributed by atoms with Crippen LogP contribution < -0.4 is 0 Å². The zero-order valence-corrected chi connectivity index (χ0v) is 16.9. The second-order valence-corrected chi connectivity index (χ2v) is 7.76. The van der Waals surface area contributed by atoms with Gasteiger partial charge in [0.15, 0.2) is 0 Å². The van der Waals surface area contributed by atoms with Crippen molar-refractivity contribution < 1.29 is 4.79 Å². The molecule has 0 atom stereocenters. The number of hydrogen-bond acceptors (Lipinski definition) is 3. The predicted octanol–water partition coefficient (Wildman–Crippen LogP) is 3.65. The minimum absolute atomic E-state index is 0.132. The summed E-state index contributed by atoms with van der Waals surface area (Å²) >= 11 is 0. The molecule has 5 heteroatoms. The van der Waals surface area contributed by atoms with Crippen molar-refractivity contribution in [3.8, 4) is 5.69 Å². The Labute approximate surface area is 172 Å². The average molecular weight is 389 g/mol. The quantitative estimate of drug-likeness (QED) is 0.647. The number of carbonyl (C=O) groups excluding carboxylic acids is 1. The molecule has 5 nitrogen and oxygen atoms in total. The van der Waals surface area contributed by atoms with Gasteiger partial charge in [0.2, 0.25) is 0 Å². The third kappa shape index (κ3) is 4.74. The molecule has 1 aromatic heterocycles. The van der Waals surface area contributed by atoms with Crippen molar-refractivity contribution in [2.75, 3.05) is 26.7 Å². The van der Waals surface area contributed by atoms with Crippen molar-refractivity contribution in [3.05, 3.63) is 84.4 Å². The van der Waals surface area contributed by atoms with Crippen LogP contribution in [0.1, 0.15) is 28.8 Å². The van der Waals surface area contributed by atoms with E-state index in [1.807, 2.05) is 39.9 Å². The molecule has 2 aromatic carbocycles. The Kier molecular flexibility index (Phi) is 6.06. The smallest absolute Gasteiger partial charge is 0.253 e. The summed E-state index contributed by atoms with van der Waals surface area (Å²) in [6, 6.07) is 18.9. The van der Waals surface area contributed by atoms with Crippen molar-refractivity contribution in [3.63, 3.8) is 0 Å². The Morgan fingerprint density at radius 3 is 2.45 bits per heavy atom. The van der Waals surface area contributed by atoms with Gasteiger partial charge in [-0.25, -0.2) is 4.98 Å². The van der Waals surface area contributed by atoms with Gasteiger partial charge in [-0.2, -0.15) is 0 Å². The van der Waals surface area contributed by atoms with E-state index in [-0.39, 0.29) is 5.91 Å². The van der Waals surface area contributed by atoms with E-state index in [4.69, 9.17) is 0 Å². The molecule has 1 aliphatic rings. The fourth-order valence-electron chi connectivity index (χ4n) is 4.01. The van der Waals surface area contributed by atoms with Crippen LogP contribution in [-0.4, -0.2) is 58.0 Å². The number of hydrogen-bond donors (Lipinski definition) is 0. The van der Waals surface area contributed by atoms with Gasteiger partial charge in [-0.05, 0) is 56.1 Å². The summed E-state index contributed by atoms with van der Waals surface area (Å²) in [6.07, 6.45) is 8.54. The maximum atomic E-state index is 12.9. The standard InChI is InChI=1S/C24H28N4O/c1-26(15-11-20-5-3-2-4-6-20)22-12-16-27(17-13-22)24(29)21-7-9-23(10-8-21)28-18-14-25-19-28/h2-10,14,18-19,22H,11-13,15-17H2,1H3. The molecule has 0 radical (unpaired) electrons. The van der Waals surface area contributed by atoms with Crippen LogP contribution in [0.4, 0.5) is 0 Å². The van der Waals surface area contributed by atoms with Crippen LogP contribution in [0.3, 0.4) is 0 Å². The molecule has 1 aliphatic heterocycles. The van der Waals surface area contributed by atoms with Crippen LogP contribution in [-0.2, 0) is 6.42 Å². The molecule has 3 aromatic rings. The highest BCUT2D eigenvalue weighted by Gasteiger charge is 2.25. The van der Waals surface area contributed by atoms with Gasteiger partial charge in [0.25, 0.3) is 5.91 Å². The van der Waals surface area contributed by atoms with Crippen molar-refractivity contribution in [2.24, 2.45) is 0 Å². The van der Waals surface area contributed by atoms with E-state index in [0.717, 1.165) is 50.1 Å². The number of imidazole rings is 1. The maximum absolute atomic E-state index is 12.9. The molecule has 0 bridgehead atoms. The van der Waals surface area contributed by atoms with Gasteiger partial charge in [-0.3, -0.25) is 4.79 Å². The lowest BCUT2D eigenvalue weighted by atomic mass is 10.0. The van der Waals surface area contributed by atoms with Gasteiger partial charge in [0, 0.05) is 49.3 Å². The van der Waals surface area contributed by atoms with Gasteiger partial charge < -0.3 is 14.4 Å². The van der Waals surface area contributed by atoms with Gasteiger partial charge in [-0.1, -0.05) is 30.3 Å². The first kappa shape index (κ1) is 19.4. The Bertz CT molecular complexity index is 898. The summed E-state index contributed by atoms with van der Waals surface area (Å²) in [6.45, 7) is 2.70. The van der Waals surface area contributed by atoms with Crippen LogP contribution in [0.15, 0.2) is 73.3 Å². The van der Waals surface area contributed by atoms with Crippen LogP contribution in [0.5, 0.6) is 0 Å². The van der Waals surface area contributed by atoms with E-state index >= 15 is 0 Å². The Morgan fingerprint density at radius 1 is 1.07 bits per heavy atom. The maximum Gasteiger partial charge on any atom is 0.253 e. The Balaban J connectivity index is 1.28. The van der Waals surface area contributed by atoms with E-state index < -0.39 is 0 Å². The van der Waals surface area contributed by atoms with Crippen molar-refractivity contribution >= 4 is 5.91 Å². The SMILES string of the molecule is CN(CCc1ccccc1)C1CCN(C(=O)c2ccc(-n3ccnc3)cc2)CC1. The highest BCUT2D eigenvalue weighted by atomic mass is 16.2. The second-order valence-electron chi connectivity index (χ2n) is 7.76. The number of rotatable bonds is 6. The summed E-state index contributed by atoms with van der Waals surface area (Å²) in [5.74, 6) is 0.132. The lowest BCUT2D eigenvalue weighted by molar-refractivity contribution is 0.0647. The number of likely N-dealkylation sites (tertiary alicyclic amines) is 1. The highest BCUT2D eigenvalue weighted by molar-refractivity contribution is 5.94. The fourth-order valence-corrected chi connectivity index (χ4v) is 4.01. The monoisotopic (exact) mass is 388 g/mol. The largest absolute Gasteiger partial charge is 0.339 e. The third-order valence-electron chi connectivity index (χ3n) is 5.89. The van der Waals surface area contributed by atoms with Gasteiger partial charge in [-0.15, -0.1) is 0 Å². The zero-order chi connectivity index (χ0) is 20.1. The molecule has 0 saturated carbocycles. The molecule has 150 valence electrons. The topological polar surface area (TPSA) is 41.4 Å². The van der Waals surface area contributed by atoms with Gasteiger partial charge >= 0.3 is 0 Å². The number of piperidine rings is 1. The summed E-state index contributed by atoms with van der Waals surface area (Å²) < 4.78 is 1.94. The molecule has 1 saturated heterocycles. The highest BCUT2D eigenvalue weighted by Crippen LogP contribution is 2.19. The number of carbonyl (C=O) groups is 1. The molecular weight excluding hydrogens is 360 g/mol. The lowest BCUT2D eigenvalue weighted by Crippen LogP contribution is -2.46. The molecule has 4 rings (SSSR count). The average Bonchev–Trinajstić information content (AvgIpc) is 3.33. The predicted molar refractivity (Wildman–Crippen MR) is 115 cm³/mol. The van der Waals surface area contributed by atoms with E-state index in [1.54, 1.807) is 12.5 Å². The number of aromatic nitrogens is 2. The summed E-state index contributed by atoms with van der Waals surface area (Å²) in [7, 11) is 2.21. The number of likely N-dealkylation sites (N-methyl/N-ethyl adjacent to an activating group) is 1. The van der Waals surface area contributed by atoms with Crippen LogP contribution in [0.2, 0.25) is 0 Å². The summed E-state index contributed by atoms with van der Waals surface area (Å²) in [4.78, 5) is 21.4. The van der Waals surface area contributed by atoms with Crippen LogP contribution >= 0.6 is 0 Å². The van der Waals surface area contributed by atoms with Crippen molar-refractivity contribution in [2.45, 2.75) is 25.3 Å². The zero-order valence-electron chi connectivity index (χ0n) is 16.9. The molecule has 29 heavy (non-hydrogen) atoms. The molecule has 0 N–H and O–H groups in total. The van der Waals surface area contributed by atoms with Crippen molar-refractivity contribution in [1.82, 2.24) is 19.4 Å². The molecule has 2 heterocycles. The second kappa shape index (κ2) is 9.05. The minimum Gasteiger partial charge on any atom is -0.339 e. The van der Waals surface area contributed by atoms with Gasteiger partial charge in [0.1, 0.15) is 0 Å². The number of amides is 1. The molecule has 0 unspecified atom stereocenters. The first-order chi connectivity index (χ1) is 14.2. The van der Waals surface area contributed by atoms with E-state index in [2.05, 4.69) is 47.3 Å². The first-order valence-electron chi connectivity index (χ1n) is 10.3. The third-order valence-corrected chi connectivity index (χ3v) is 5.89. The fraction of sp³-hybridized carbons (Fsp3) is 0.333. The molecule has 0 aliphatic carbocycles. The number of nitrogens with zero attached hydrogens (tertiary/aromatic N) is 4. The molecule has 0 spiro atoms. The van der Waals surface area contributed by atoms with E-state index in [1.165, 1.54) is 5.56 Å². The Hall–Kier alpha value is -2.92. The lowest BCUT2D eigenvalue weighted by Gasteiger charge is -2.37. The minimum atomic E-state index is 0.132. The normalized spacial score (nSPS) is 15.0. The number of benzene rings is 2. The summed E-state index contributed by atoms with van der Waals surface area (Å²) in [5.41, 5.74) is 3.15. The van der Waals surface area contributed by atoms with E-state index in [0.29, 0.717) is 6.04 Å². The Morgan fingerprint density at radius 2 is 1.79 bits per heavy atom. The van der Waals surface area contributed by atoms with Crippen molar-refractivity contribution in [1.29, 1.82) is 0 Å². The summed E-state index contributed by atoms with van der Waals surface area (Å²) in [5, 5.41) is 0. The molecule has 1 amide bonds. The van der Waals surface area contributed by atoms with Crippen LogP contribution in [0.25, 0.3) is 5.69 Å². The first-order valence-corrected chi connectivity index (χ1v) is 10.3.